The summed E-state index contributed by atoms with van der Waals surface area (Å²) in [6.45, 7) is 2.46. The second kappa shape index (κ2) is 8.64. The van der Waals surface area contributed by atoms with Crippen molar-refractivity contribution >= 4 is 11.8 Å². The quantitative estimate of drug-likeness (QED) is 0.808. The molecule has 2 heterocycles. The smallest absolute Gasteiger partial charge is 0.406 e. The van der Waals surface area contributed by atoms with E-state index in [1.165, 1.54) is 12.1 Å². The van der Waals surface area contributed by atoms with Crippen LogP contribution in [0.2, 0.25) is 0 Å². The number of ether oxygens (including phenoxy) is 1. The maximum Gasteiger partial charge on any atom is 0.573 e. The Balaban J connectivity index is 1.55. The minimum atomic E-state index is -4.67. The highest BCUT2D eigenvalue weighted by molar-refractivity contribution is 5.41. The van der Waals surface area contributed by atoms with Crippen molar-refractivity contribution < 1.29 is 17.9 Å². The van der Waals surface area contributed by atoms with Gasteiger partial charge >= 0.3 is 6.36 Å². The summed E-state index contributed by atoms with van der Waals surface area (Å²) in [6.07, 6.45) is -0.856. The fourth-order valence-electron chi connectivity index (χ4n) is 3.23. The van der Waals surface area contributed by atoms with Crippen LogP contribution in [0.25, 0.3) is 0 Å². The summed E-state index contributed by atoms with van der Waals surface area (Å²) in [5.41, 5.74) is 0.951. The summed E-state index contributed by atoms with van der Waals surface area (Å²) in [4.78, 5) is 12.8. The molecule has 0 aliphatic carbocycles. The fraction of sp³-hybridized carbons (Fsp3) is 0.474. The summed E-state index contributed by atoms with van der Waals surface area (Å²) >= 11 is 0. The normalized spacial score (nSPS) is 18.0. The average Bonchev–Trinajstić information content (AvgIpc) is 2.63. The number of nitrogens with one attached hydrogen (secondary N) is 1. The zero-order valence-corrected chi connectivity index (χ0v) is 15.9. The van der Waals surface area contributed by atoms with E-state index in [2.05, 4.69) is 24.9 Å². The molecule has 1 aliphatic heterocycles. The van der Waals surface area contributed by atoms with Crippen LogP contribution in [0.5, 0.6) is 5.75 Å². The lowest BCUT2D eigenvalue weighted by Gasteiger charge is -2.33. The van der Waals surface area contributed by atoms with Gasteiger partial charge in [0.2, 0.25) is 5.95 Å². The molecular formula is C19H24F3N5O. The van der Waals surface area contributed by atoms with Gasteiger partial charge in [-0.3, -0.25) is 4.90 Å². The molecule has 3 rings (SSSR count). The summed E-state index contributed by atoms with van der Waals surface area (Å²) in [5, 5.41) is 3.46. The minimum Gasteiger partial charge on any atom is -0.406 e. The number of hydrogen-bond acceptors (Lipinski definition) is 6. The Kier molecular flexibility index (Phi) is 6.23. The lowest BCUT2D eigenvalue weighted by Crippen LogP contribution is -2.41. The van der Waals surface area contributed by atoms with Gasteiger partial charge in [0, 0.05) is 39.4 Å². The van der Waals surface area contributed by atoms with Crippen LogP contribution < -0.4 is 15.0 Å². The Bertz CT molecular complexity index is 767. The summed E-state index contributed by atoms with van der Waals surface area (Å²) in [6, 6.07) is 8.16. The van der Waals surface area contributed by atoms with Crippen molar-refractivity contribution in [2.45, 2.75) is 31.8 Å². The SMILES string of the molecule is CN(C)c1nccc(NC2CCCN(Cc3ccc(OC(F)(F)F)cc3)C2)n1. The molecule has 0 bridgehead atoms. The number of benzene rings is 1. The summed E-state index contributed by atoms with van der Waals surface area (Å²) in [5.74, 6) is 1.24. The summed E-state index contributed by atoms with van der Waals surface area (Å²) < 4.78 is 40.7. The highest BCUT2D eigenvalue weighted by atomic mass is 19.4. The zero-order chi connectivity index (χ0) is 20.1. The van der Waals surface area contributed by atoms with Crippen LogP contribution in [-0.2, 0) is 6.54 Å². The number of aromatic nitrogens is 2. The fourth-order valence-corrected chi connectivity index (χ4v) is 3.23. The Hall–Kier alpha value is -2.55. The van der Waals surface area contributed by atoms with Crippen LogP contribution in [0.3, 0.4) is 0 Å². The largest absolute Gasteiger partial charge is 0.573 e. The lowest BCUT2D eigenvalue weighted by atomic mass is 10.0. The standard InChI is InChI=1S/C19H24F3N5O/c1-26(2)18-23-10-9-17(25-18)24-15-4-3-11-27(13-15)12-14-5-7-16(8-6-14)28-19(20,21)22/h5-10,15H,3-4,11-13H2,1-2H3,(H,23,24,25). The van der Waals surface area contributed by atoms with E-state index in [9.17, 15) is 13.2 Å². The van der Waals surface area contributed by atoms with Gasteiger partial charge in [-0.2, -0.15) is 4.98 Å². The van der Waals surface area contributed by atoms with E-state index in [1.807, 2.05) is 25.1 Å². The van der Waals surface area contributed by atoms with E-state index in [-0.39, 0.29) is 11.8 Å². The Morgan fingerprint density at radius 3 is 2.64 bits per heavy atom. The first-order valence-electron chi connectivity index (χ1n) is 9.12. The van der Waals surface area contributed by atoms with Gasteiger partial charge in [0.15, 0.2) is 0 Å². The van der Waals surface area contributed by atoms with Crippen molar-refractivity contribution in [1.82, 2.24) is 14.9 Å². The van der Waals surface area contributed by atoms with Crippen molar-refractivity contribution in [3.05, 3.63) is 42.1 Å². The Morgan fingerprint density at radius 1 is 1.21 bits per heavy atom. The monoisotopic (exact) mass is 395 g/mol. The number of nitrogens with zero attached hydrogens (tertiary/aromatic N) is 4. The number of halogens is 3. The number of likely N-dealkylation sites (tertiary alicyclic amines) is 1. The number of alkyl halides is 3. The van der Waals surface area contributed by atoms with Crippen LogP contribution in [0, 0.1) is 0 Å². The third kappa shape index (κ3) is 5.98. The molecule has 9 heteroatoms. The molecule has 1 unspecified atom stereocenters. The second-order valence-electron chi connectivity index (χ2n) is 7.05. The van der Waals surface area contributed by atoms with E-state index in [0.717, 1.165) is 37.3 Å². The van der Waals surface area contributed by atoms with Gasteiger partial charge in [0.05, 0.1) is 0 Å². The molecular weight excluding hydrogens is 371 g/mol. The van der Waals surface area contributed by atoms with Gasteiger partial charge in [-0.15, -0.1) is 13.2 Å². The van der Waals surface area contributed by atoms with Gasteiger partial charge in [0.1, 0.15) is 11.6 Å². The van der Waals surface area contributed by atoms with E-state index in [4.69, 9.17) is 0 Å². The lowest BCUT2D eigenvalue weighted by molar-refractivity contribution is -0.274. The van der Waals surface area contributed by atoms with Crippen LogP contribution in [0.1, 0.15) is 18.4 Å². The van der Waals surface area contributed by atoms with Crippen molar-refractivity contribution in [2.75, 3.05) is 37.4 Å². The molecule has 1 fully saturated rings. The maximum atomic E-state index is 12.3. The van der Waals surface area contributed by atoms with E-state index >= 15 is 0 Å². The van der Waals surface area contributed by atoms with Crippen molar-refractivity contribution in [1.29, 1.82) is 0 Å². The molecule has 1 aliphatic rings. The second-order valence-corrected chi connectivity index (χ2v) is 7.05. The van der Waals surface area contributed by atoms with Crippen LogP contribution in [0.4, 0.5) is 24.9 Å². The predicted molar refractivity (Wildman–Crippen MR) is 101 cm³/mol. The molecule has 1 aromatic heterocycles. The molecule has 0 amide bonds. The molecule has 1 saturated heterocycles. The number of piperidine rings is 1. The van der Waals surface area contributed by atoms with Gasteiger partial charge in [0.25, 0.3) is 0 Å². The Morgan fingerprint density at radius 2 is 1.96 bits per heavy atom. The van der Waals surface area contributed by atoms with Gasteiger partial charge < -0.3 is 15.0 Å². The van der Waals surface area contributed by atoms with E-state index in [1.54, 1.807) is 18.3 Å². The maximum absolute atomic E-state index is 12.3. The minimum absolute atomic E-state index is 0.199. The highest BCUT2D eigenvalue weighted by Gasteiger charge is 2.31. The molecule has 6 nitrogen and oxygen atoms in total. The van der Waals surface area contributed by atoms with Gasteiger partial charge in [-0.25, -0.2) is 4.98 Å². The van der Waals surface area contributed by atoms with Gasteiger partial charge in [-0.05, 0) is 43.1 Å². The molecule has 28 heavy (non-hydrogen) atoms. The van der Waals surface area contributed by atoms with Crippen molar-refractivity contribution in [2.24, 2.45) is 0 Å². The molecule has 1 atom stereocenters. The van der Waals surface area contributed by atoms with Crippen LogP contribution >= 0.6 is 0 Å². The van der Waals surface area contributed by atoms with E-state index in [0.29, 0.717) is 12.5 Å². The zero-order valence-electron chi connectivity index (χ0n) is 15.9. The molecule has 0 saturated carbocycles. The van der Waals surface area contributed by atoms with Crippen LogP contribution in [0.15, 0.2) is 36.5 Å². The van der Waals surface area contributed by atoms with Crippen molar-refractivity contribution in [3.8, 4) is 5.75 Å². The van der Waals surface area contributed by atoms with Crippen LogP contribution in [-0.4, -0.2) is 54.5 Å². The number of rotatable bonds is 6. The molecule has 1 N–H and O–H groups in total. The highest BCUT2D eigenvalue weighted by Crippen LogP contribution is 2.24. The molecule has 2 aromatic rings. The number of hydrogen-bond donors (Lipinski definition) is 1. The Labute approximate surface area is 162 Å². The third-order valence-electron chi connectivity index (χ3n) is 4.46. The van der Waals surface area contributed by atoms with Gasteiger partial charge in [-0.1, -0.05) is 12.1 Å². The average molecular weight is 395 g/mol. The molecule has 0 spiro atoms. The molecule has 152 valence electrons. The van der Waals surface area contributed by atoms with Crippen molar-refractivity contribution in [3.63, 3.8) is 0 Å². The molecule has 0 radical (unpaired) electrons. The first-order valence-corrected chi connectivity index (χ1v) is 9.12. The summed E-state index contributed by atoms with van der Waals surface area (Å²) in [7, 11) is 3.79. The topological polar surface area (TPSA) is 53.5 Å². The number of anilines is 2. The first-order chi connectivity index (χ1) is 13.3. The predicted octanol–water partition coefficient (Wildman–Crippen LogP) is 3.52. The molecule has 1 aromatic carbocycles. The third-order valence-corrected chi connectivity index (χ3v) is 4.46. The first kappa shape index (κ1) is 20.2. The van der Waals surface area contributed by atoms with E-state index < -0.39 is 6.36 Å².